The molecule has 1 aromatic rings. The van der Waals surface area contributed by atoms with Gasteiger partial charge in [-0.3, -0.25) is 4.90 Å². The summed E-state index contributed by atoms with van der Waals surface area (Å²) < 4.78 is 27.2. The Bertz CT molecular complexity index is 1030. The van der Waals surface area contributed by atoms with Crippen LogP contribution in [0, 0.1) is 11.8 Å². The molecule has 0 spiro atoms. The maximum absolute atomic E-state index is 10.3. The monoisotopic (exact) mass is 606 g/mol. The van der Waals surface area contributed by atoms with E-state index in [0.717, 1.165) is 24.4 Å². The van der Waals surface area contributed by atoms with Crippen LogP contribution in [0.5, 0.6) is 0 Å². The molecule has 2 rings (SSSR count). The van der Waals surface area contributed by atoms with Crippen LogP contribution in [-0.2, 0) is 27.4 Å². The van der Waals surface area contributed by atoms with Crippen LogP contribution < -0.4 is 0 Å². The highest BCUT2D eigenvalue weighted by Crippen LogP contribution is 2.31. The molecule has 1 atom stereocenters. The van der Waals surface area contributed by atoms with E-state index in [0.29, 0.717) is 24.5 Å². The lowest BCUT2D eigenvalue weighted by atomic mass is 9.90. The van der Waals surface area contributed by atoms with Crippen LogP contribution in [-0.4, -0.2) is 56.3 Å². The van der Waals surface area contributed by atoms with Crippen molar-refractivity contribution >= 4 is 15.5 Å². The molecule has 244 valence electrons. The lowest BCUT2D eigenvalue weighted by molar-refractivity contribution is 0.142. The second-order valence-electron chi connectivity index (χ2n) is 12.3. The lowest BCUT2D eigenvalue weighted by Crippen LogP contribution is -2.42. The largest absolute Gasteiger partial charge is 0.477 e. The van der Waals surface area contributed by atoms with Gasteiger partial charge in [-0.2, -0.15) is 0 Å². The van der Waals surface area contributed by atoms with Gasteiger partial charge in [0.2, 0.25) is 5.88 Å². The van der Waals surface area contributed by atoms with Crippen molar-refractivity contribution in [2.75, 3.05) is 26.0 Å². The van der Waals surface area contributed by atoms with Gasteiger partial charge in [0.25, 0.3) is 0 Å². The standard InChI is InChI=1S/C30H50N2O.C4H10O2S.C2H6/c1-9-16-27(32-19-13-12-14-20-32)28(23(6)7)30(33-21-22(4)5)31-24(8)29-25(10-2)17-15-18-26(29)11-3;1-4(2)7(3,5)6;1-2/h15,17-18,22-23,27H,9-14,16,19-21H2,1-8H3;4H,1-3H3;1-2H3/b30-28-,31-24+;;. The van der Waals surface area contributed by atoms with Crippen molar-refractivity contribution in [3.8, 4) is 0 Å². The van der Waals surface area contributed by atoms with E-state index in [1.54, 1.807) is 13.8 Å². The average molecular weight is 607 g/mol. The van der Waals surface area contributed by atoms with Gasteiger partial charge >= 0.3 is 0 Å². The molecule has 1 aliphatic rings. The third-order valence-corrected chi connectivity index (χ3v) is 9.37. The van der Waals surface area contributed by atoms with E-state index in [1.807, 2.05) is 13.8 Å². The molecular weight excluding hydrogens is 540 g/mol. The number of aryl methyl sites for hydroxylation is 2. The lowest BCUT2D eigenvalue weighted by Gasteiger charge is -2.37. The fourth-order valence-corrected chi connectivity index (χ4v) is 5.15. The van der Waals surface area contributed by atoms with Gasteiger partial charge in [-0.05, 0) is 88.9 Å². The minimum atomic E-state index is -2.74. The molecule has 1 saturated heterocycles. The third kappa shape index (κ3) is 13.8. The summed E-state index contributed by atoms with van der Waals surface area (Å²) in [6, 6.07) is 7.11. The molecule has 0 radical (unpaired) electrons. The molecule has 0 amide bonds. The van der Waals surface area contributed by atoms with Crippen LogP contribution in [0.4, 0.5) is 0 Å². The number of ether oxygens (including phenoxy) is 1. The fraction of sp³-hybridized carbons (Fsp3) is 0.750. The van der Waals surface area contributed by atoms with Crippen LogP contribution >= 0.6 is 0 Å². The zero-order valence-electron chi connectivity index (χ0n) is 29.6. The SMILES string of the molecule is CC.CC(C)S(C)(=O)=O.CCCC(/C(=C(/N=C(\C)c1c(CC)cccc1CC)OCC(C)C)C(C)C)N1CCCCC1. The number of sulfone groups is 1. The van der Waals surface area contributed by atoms with Gasteiger partial charge in [-0.25, -0.2) is 13.4 Å². The van der Waals surface area contributed by atoms with Gasteiger partial charge in [0.1, 0.15) is 9.84 Å². The Morgan fingerprint density at radius 3 is 1.81 bits per heavy atom. The van der Waals surface area contributed by atoms with Crippen molar-refractivity contribution in [3.05, 3.63) is 46.3 Å². The number of benzene rings is 1. The number of rotatable bonds is 13. The molecule has 42 heavy (non-hydrogen) atoms. The summed E-state index contributed by atoms with van der Waals surface area (Å²) in [5, 5.41) is -0.229. The zero-order valence-corrected chi connectivity index (χ0v) is 30.5. The first-order chi connectivity index (χ1) is 19.8. The summed E-state index contributed by atoms with van der Waals surface area (Å²) in [5.74, 6) is 1.75. The molecule has 6 heteroatoms. The van der Waals surface area contributed by atoms with Crippen molar-refractivity contribution in [2.24, 2.45) is 16.8 Å². The van der Waals surface area contributed by atoms with E-state index < -0.39 is 9.84 Å². The van der Waals surface area contributed by atoms with E-state index in [9.17, 15) is 8.42 Å². The van der Waals surface area contributed by atoms with Gasteiger partial charge in [-0.15, -0.1) is 0 Å². The molecular formula is C36H66N2O3S. The van der Waals surface area contributed by atoms with Crippen molar-refractivity contribution in [2.45, 2.75) is 139 Å². The number of likely N-dealkylation sites (tertiary alicyclic amines) is 1. The summed E-state index contributed by atoms with van der Waals surface area (Å²) in [6.45, 7) is 28.5. The van der Waals surface area contributed by atoms with E-state index in [1.165, 1.54) is 73.7 Å². The number of hydrogen-bond donors (Lipinski definition) is 0. The average Bonchev–Trinajstić information content (AvgIpc) is 2.95. The number of piperidine rings is 1. The van der Waals surface area contributed by atoms with Crippen molar-refractivity contribution in [1.29, 1.82) is 0 Å². The summed E-state index contributed by atoms with van der Waals surface area (Å²) in [6.07, 6.45) is 9.59. The smallest absolute Gasteiger partial charge is 0.214 e. The van der Waals surface area contributed by atoms with Crippen molar-refractivity contribution in [3.63, 3.8) is 0 Å². The van der Waals surface area contributed by atoms with Crippen molar-refractivity contribution in [1.82, 2.24) is 4.90 Å². The molecule has 1 fully saturated rings. The molecule has 1 aromatic carbocycles. The summed E-state index contributed by atoms with van der Waals surface area (Å²) in [4.78, 5) is 8.01. The maximum Gasteiger partial charge on any atom is 0.214 e. The summed E-state index contributed by atoms with van der Waals surface area (Å²) in [5.41, 5.74) is 6.57. The molecule has 0 aromatic heterocycles. The Morgan fingerprint density at radius 1 is 0.929 bits per heavy atom. The predicted octanol–water partition coefficient (Wildman–Crippen LogP) is 9.28. The fourth-order valence-electron chi connectivity index (χ4n) is 5.15. The van der Waals surface area contributed by atoms with Gasteiger partial charge in [0.15, 0.2) is 0 Å². The molecule has 0 saturated carbocycles. The molecule has 1 heterocycles. The first-order valence-electron chi connectivity index (χ1n) is 16.7. The highest BCUT2D eigenvalue weighted by Gasteiger charge is 2.29. The Morgan fingerprint density at radius 2 is 1.43 bits per heavy atom. The maximum atomic E-state index is 10.3. The Labute approximate surface area is 261 Å². The van der Waals surface area contributed by atoms with Gasteiger partial charge in [0.05, 0.1) is 11.9 Å². The van der Waals surface area contributed by atoms with E-state index >= 15 is 0 Å². The second-order valence-corrected chi connectivity index (χ2v) is 14.9. The minimum absolute atomic E-state index is 0.229. The first kappa shape index (κ1) is 40.3. The van der Waals surface area contributed by atoms with E-state index in [4.69, 9.17) is 9.73 Å². The van der Waals surface area contributed by atoms with Gasteiger partial charge in [-0.1, -0.05) is 93.4 Å². The Kier molecular flexibility index (Phi) is 20.3. The van der Waals surface area contributed by atoms with Crippen molar-refractivity contribution < 1.29 is 13.2 Å². The molecule has 0 bridgehead atoms. The Balaban J connectivity index is 0.00000163. The highest BCUT2D eigenvalue weighted by molar-refractivity contribution is 7.91. The first-order valence-corrected chi connectivity index (χ1v) is 18.7. The van der Waals surface area contributed by atoms with Gasteiger partial charge in [0, 0.05) is 29.1 Å². The van der Waals surface area contributed by atoms with E-state index in [2.05, 4.69) is 78.5 Å². The highest BCUT2D eigenvalue weighted by atomic mass is 32.2. The van der Waals surface area contributed by atoms with Crippen LogP contribution in [0.2, 0.25) is 0 Å². The topological polar surface area (TPSA) is 59.0 Å². The molecule has 1 unspecified atom stereocenters. The number of aliphatic imine (C=N–C) groups is 1. The summed E-state index contributed by atoms with van der Waals surface area (Å²) in [7, 11) is -2.74. The summed E-state index contributed by atoms with van der Waals surface area (Å²) >= 11 is 0. The minimum Gasteiger partial charge on any atom is -0.477 e. The molecule has 5 nitrogen and oxygen atoms in total. The van der Waals surface area contributed by atoms with E-state index in [-0.39, 0.29) is 5.25 Å². The second kappa shape index (κ2) is 21.1. The zero-order chi connectivity index (χ0) is 32.5. The number of hydrogen-bond acceptors (Lipinski definition) is 5. The molecule has 1 aliphatic heterocycles. The predicted molar refractivity (Wildman–Crippen MR) is 186 cm³/mol. The third-order valence-electron chi connectivity index (χ3n) is 7.66. The van der Waals surface area contributed by atoms with Crippen LogP contribution in [0.15, 0.2) is 34.6 Å². The molecule has 0 N–H and O–H groups in total. The molecule has 0 aliphatic carbocycles. The normalized spacial score (nSPS) is 16.0. The Hall–Kier alpha value is -1.66. The van der Waals surface area contributed by atoms with Crippen LogP contribution in [0.3, 0.4) is 0 Å². The van der Waals surface area contributed by atoms with Crippen LogP contribution in [0.1, 0.15) is 132 Å². The quantitative estimate of drug-likeness (QED) is 0.166. The van der Waals surface area contributed by atoms with Gasteiger partial charge < -0.3 is 4.74 Å². The van der Waals surface area contributed by atoms with Crippen LogP contribution in [0.25, 0.3) is 0 Å². The number of nitrogens with zero attached hydrogens (tertiary/aromatic N) is 2.